The quantitative estimate of drug-likeness (QED) is 0.879. The monoisotopic (exact) mass is 280 g/mol. The number of nitrogens with two attached hydrogens (primary N) is 1. The van der Waals surface area contributed by atoms with Crippen molar-refractivity contribution in [2.75, 3.05) is 0 Å². The van der Waals surface area contributed by atoms with Crippen LogP contribution in [0.15, 0.2) is 59.6 Å². The Morgan fingerprint density at radius 3 is 2.43 bits per heavy atom. The largest absolute Gasteiger partial charge is 0.454 e. The number of benzene rings is 2. The molecule has 0 bridgehead atoms. The van der Waals surface area contributed by atoms with Crippen molar-refractivity contribution in [1.82, 2.24) is 0 Å². The van der Waals surface area contributed by atoms with Crippen molar-refractivity contribution in [3.05, 3.63) is 71.3 Å². The lowest BCUT2D eigenvalue weighted by atomic mass is 9.95. The minimum Gasteiger partial charge on any atom is -0.454 e. The molecule has 0 saturated heterocycles. The number of aliphatic imine (C=N–C) groups is 1. The number of ether oxygens (including phenoxy) is 1. The minimum absolute atomic E-state index is 0.0642. The molecular formula is C17H16N2O2. The summed E-state index contributed by atoms with van der Waals surface area (Å²) in [6, 6.07) is 16.4. The predicted molar refractivity (Wildman–Crippen MR) is 81.2 cm³/mol. The second kappa shape index (κ2) is 5.40. The molecule has 2 N–H and O–H groups in total. The highest BCUT2D eigenvalue weighted by Gasteiger charge is 2.37. The van der Waals surface area contributed by atoms with Crippen LogP contribution in [-0.2, 0) is 4.74 Å². The summed E-state index contributed by atoms with van der Waals surface area (Å²) in [7, 11) is 0. The molecule has 0 radical (unpaired) electrons. The molecule has 106 valence electrons. The molecule has 1 heterocycles. The Hall–Kier alpha value is -2.62. The number of aryl methyl sites for hydroxylation is 1. The van der Waals surface area contributed by atoms with Crippen molar-refractivity contribution in [3.63, 3.8) is 0 Å². The molecule has 3 rings (SSSR count). The summed E-state index contributed by atoms with van der Waals surface area (Å²) < 4.78 is 5.53. The van der Waals surface area contributed by atoms with E-state index in [1.54, 1.807) is 0 Å². The molecule has 0 amide bonds. The molecule has 0 saturated carbocycles. The van der Waals surface area contributed by atoms with E-state index in [1.165, 1.54) is 0 Å². The molecule has 0 fully saturated rings. The lowest BCUT2D eigenvalue weighted by Gasteiger charge is -2.16. The van der Waals surface area contributed by atoms with Crippen molar-refractivity contribution >= 4 is 11.8 Å². The van der Waals surface area contributed by atoms with Gasteiger partial charge in [0.25, 0.3) is 6.02 Å². The normalized spacial score (nSPS) is 20.7. The smallest absolute Gasteiger partial charge is 0.283 e. The molecule has 21 heavy (non-hydrogen) atoms. The Morgan fingerprint density at radius 2 is 1.76 bits per heavy atom. The Morgan fingerprint density at radius 1 is 1.10 bits per heavy atom. The van der Waals surface area contributed by atoms with Gasteiger partial charge in [0, 0.05) is 5.56 Å². The maximum atomic E-state index is 12.6. The van der Waals surface area contributed by atoms with Crippen LogP contribution in [0.1, 0.15) is 27.6 Å². The van der Waals surface area contributed by atoms with Gasteiger partial charge in [0.15, 0.2) is 17.9 Å². The molecule has 1 aliphatic heterocycles. The van der Waals surface area contributed by atoms with E-state index in [4.69, 9.17) is 10.5 Å². The van der Waals surface area contributed by atoms with Crippen molar-refractivity contribution in [1.29, 1.82) is 0 Å². The standard InChI is InChI=1S/C17H16N2O2/c1-11-7-9-12(10-8-11)15(20)14-16(21-17(18)19-14)13-5-3-2-4-6-13/h2-10,14,16H,1H3,(H2,18,19). The first kappa shape index (κ1) is 13.4. The fourth-order valence-corrected chi connectivity index (χ4v) is 2.41. The van der Waals surface area contributed by atoms with Gasteiger partial charge in [-0.25, -0.2) is 4.99 Å². The average Bonchev–Trinajstić information content (AvgIpc) is 2.90. The number of carbonyl (C=O) groups excluding carboxylic acids is 1. The molecule has 0 aromatic heterocycles. The van der Waals surface area contributed by atoms with E-state index < -0.39 is 12.1 Å². The van der Waals surface area contributed by atoms with Gasteiger partial charge in [0.05, 0.1) is 0 Å². The van der Waals surface area contributed by atoms with Gasteiger partial charge in [0.1, 0.15) is 0 Å². The summed E-state index contributed by atoms with van der Waals surface area (Å²) in [6.07, 6.45) is -0.458. The summed E-state index contributed by atoms with van der Waals surface area (Å²) in [4.78, 5) is 16.8. The first-order chi connectivity index (χ1) is 10.1. The third kappa shape index (κ3) is 2.65. The van der Waals surface area contributed by atoms with Crippen molar-refractivity contribution in [2.45, 2.75) is 19.1 Å². The Kier molecular flexibility index (Phi) is 3.44. The molecule has 1 aliphatic rings. The zero-order valence-corrected chi connectivity index (χ0v) is 11.7. The Balaban J connectivity index is 1.91. The first-order valence-electron chi connectivity index (χ1n) is 6.81. The molecule has 2 aromatic rings. The zero-order valence-electron chi connectivity index (χ0n) is 11.7. The third-order valence-electron chi connectivity index (χ3n) is 3.53. The maximum absolute atomic E-state index is 12.6. The fraction of sp³-hybridized carbons (Fsp3) is 0.176. The molecule has 4 heteroatoms. The van der Waals surface area contributed by atoms with Gasteiger partial charge in [-0.05, 0) is 12.5 Å². The molecule has 2 atom stereocenters. The summed E-state index contributed by atoms with van der Waals surface area (Å²) in [5.41, 5.74) is 8.29. The number of hydrogen-bond acceptors (Lipinski definition) is 4. The number of amidine groups is 1. The summed E-state index contributed by atoms with van der Waals surface area (Å²) >= 11 is 0. The van der Waals surface area contributed by atoms with Crippen LogP contribution >= 0.6 is 0 Å². The lowest BCUT2D eigenvalue weighted by Crippen LogP contribution is -2.24. The Labute approximate surface area is 123 Å². The van der Waals surface area contributed by atoms with Crippen molar-refractivity contribution in [2.24, 2.45) is 10.7 Å². The lowest BCUT2D eigenvalue weighted by molar-refractivity contribution is 0.0889. The van der Waals surface area contributed by atoms with E-state index >= 15 is 0 Å². The summed E-state index contributed by atoms with van der Waals surface area (Å²) in [5, 5.41) is 0. The number of hydrogen-bond donors (Lipinski definition) is 1. The minimum atomic E-state index is -0.630. The van der Waals surface area contributed by atoms with Crippen LogP contribution in [-0.4, -0.2) is 17.8 Å². The average molecular weight is 280 g/mol. The van der Waals surface area contributed by atoms with Crippen LogP contribution in [0.4, 0.5) is 0 Å². The number of ketones is 1. The first-order valence-corrected chi connectivity index (χ1v) is 6.81. The molecule has 2 unspecified atom stereocenters. The van der Waals surface area contributed by atoms with E-state index in [0.29, 0.717) is 5.56 Å². The Bertz CT molecular complexity index is 678. The fourth-order valence-electron chi connectivity index (χ4n) is 2.41. The van der Waals surface area contributed by atoms with E-state index in [-0.39, 0.29) is 11.8 Å². The highest BCUT2D eigenvalue weighted by molar-refractivity contribution is 6.02. The van der Waals surface area contributed by atoms with Gasteiger partial charge >= 0.3 is 0 Å². The van der Waals surface area contributed by atoms with Gasteiger partial charge < -0.3 is 10.5 Å². The summed E-state index contributed by atoms with van der Waals surface area (Å²) in [5.74, 6) is -0.0793. The zero-order chi connectivity index (χ0) is 14.8. The van der Waals surface area contributed by atoms with E-state index in [2.05, 4.69) is 4.99 Å². The topological polar surface area (TPSA) is 64.7 Å². The van der Waals surface area contributed by atoms with Gasteiger partial charge in [-0.15, -0.1) is 0 Å². The van der Waals surface area contributed by atoms with E-state index in [0.717, 1.165) is 11.1 Å². The van der Waals surface area contributed by atoms with Gasteiger partial charge in [0.2, 0.25) is 0 Å². The van der Waals surface area contributed by atoms with Gasteiger partial charge in [-0.2, -0.15) is 0 Å². The second-order valence-corrected chi connectivity index (χ2v) is 5.09. The second-order valence-electron chi connectivity index (χ2n) is 5.09. The number of carbonyl (C=O) groups is 1. The van der Waals surface area contributed by atoms with Crippen LogP contribution in [0.2, 0.25) is 0 Å². The van der Waals surface area contributed by atoms with Gasteiger partial charge in [-0.1, -0.05) is 60.2 Å². The van der Waals surface area contributed by atoms with Crippen molar-refractivity contribution in [3.8, 4) is 0 Å². The third-order valence-corrected chi connectivity index (χ3v) is 3.53. The molecule has 4 nitrogen and oxygen atoms in total. The van der Waals surface area contributed by atoms with Gasteiger partial charge in [-0.3, -0.25) is 4.79 Å². The number of Topliss-reactive ketones (excluding diaryl/α,β-unsaturated/α-hetero) is 1. The van der Waals surface area contributed by atoms with Crippen LogP contribution in [0.3, 0.4) is 0 Å². The molecule has 0 spiro atoms. The predicted octanol–water partition coefficient (Wildman–Crippen LogP) is 2.63. The van der Waals surface area contributed by atoms with E-state index in [1.807, 2.05) is 61.5 Å². The molecule has 0 aliphatic carbocycles. The molecular weight excluding hydrogens is 264 g/mol. The SMILES string of the molecule is Cc1ccc(C(=O)C2N=C(N)OC2c2ccccc2)cc1. The maximum Gasteiger partial charge on any atom is 0.283 e. The van der Waals surface area contributed by atoms with Crippen molar-refractivity contribution < 1.29 is 9.53 Å². The number of nitrogens with zero attached hydrogens (tertiary/aromatic N) is 1. The van der Waals surface area contributed by atoms with Crippen LogP contribution < -0.4 is 5.73 Å². The molecule has 2 aromatic carbocycles. The highest BCUT2D eigenvalue weighted by atomic mass is 16.5. The number of rotatable bonds is 3. The summed E-state index contributed by atoms with van der Waals surface area (Å²) in [6.45, 7) is 1.98. The van der Waals surface area contributed by atoms with Crippen LogP contribution in [0.5, 0.6) is 0 Å². The van der Waals surface area contributed by atoms with Crippen LogP contribution in [0, 0.1) is 6.92 Å². The highest BCUT2D eigenvalue weighted by Crippen LogP contribution is 2.30. The van der Waals surface area contributed by atoms with E-state index in [9.17, 15) is 4.79 Å². The van der Waals surface area contributed by atoms with Crippen LogP contribution in [0.25, 0.3) is 0 Å².